The number of amides is 3. The van der Waals surface area contributed by atoms with E-state index in [1.807, 2.05) is 23.6 Å². The third-order valence-corrected chi connectivity index (χ3v) is 5.38. The highest BCUT2D eigenvalue weighted by atomic mass is 32.1. The highest BCUT2D eigenvalue weighted by Gasteiger charge is 2.41. The van der Waals surface area contributed by atoms with Crippen molar-refractivity contribution in [3.05, 3.63) is 16.1 Å². The Hall–Kier alpha value is -1.63. The number of urea groups is 1. The smallest absolute Gasteiger partial charge is 0.319 e. The summed E-state index contributed by atoms with van der Waals surface area (Å²) in [5.41, 5.74) is 2.37. The van der Waals surface area contributed by atoms with Gasteiger partial charge in [-0.05, 0) is 26.7 Å². The summed E-state index contributed by atoms with van der Waals surface area (Å²) < 4.78 is 0. The number of nitrogens with zero attached hydrogens (tertiary/aromatic N) is 4. The highest BCUT2D eigenvalue weighted by molar-refractivity contribution is 7.11. The quantitative estimate of drug-likeness (QED) is 0.832. The molecule has 1 saturated carbocycles. The molecule has 2 aliphatic rings. The molecule has 3 rings (SSSR count). The molecule has 126 valence electrons. The van der Waals surface area contributed by atoms with Gasteiger partial charge in [0.15, 0.2) is 0 Å². The van der Waals surface area contributed by atoms with Gasteiger partial charge in [-0.1, -0.05) is 0 Å². The van der Waals surface area contributed by atoms with Crippen LogP contribution < -0.4 is 0 Å². The first kappa shape index (κ1) is 16.2. The van der Waals surface area contributed by atoms with Crippen molar-refractivity contribution in [1.82, 2.24) is 19.7 Å². The summed E-state index contributed by atoms with van der Waals surface area (Å²) in [6, 6.07) is 0.00151. The molecule has 0 unspecified atom stereocenters. The Balaban J connectivity index is 1.77. The van der Waals surface area contributed by atoms with E-state index in [9.17, 15) is 9.59 Å². The largest absolute Gasteiger partial charge is 0.331 e. The molecule has 23 heavy (non-hydrogen) atoms. The molecule has 7 heteroatoms. The van der Waals surface area contributed by atoms with Gasteiger partial charge in [0.05, 0.1) is 16.7 Å². The SMILES string of the molecule is CN(C)C(=O)N1CCN(C(=O)c2scnc2C2CC2)C(C)(C)C1. The predicted molar refractivity (Wildman–Crippen MR) is 89.9 cm³/mol. The average molecular weight is 336 g/mol. The first-order valence-electron chi connectivity index (χ1n) is 8.03. The summed E-state index contributed by atoms with van der Waals surface area (Å²) in [4.78, 5) is 35.7. The van der Waals surface area contributed by atoms with Crippen LogP contribution in [0.2, 0.25) is 0 Å². The minimum Gasteiger partial charge on any atom is -0.331 e. The molecule has 1 aromatic rings. The molecule has 0 spiro atoms. The molecule has 1 aliphatic carbocycles. The summed E-state index contributed by atoms with van der Waals surface area (Å²) in [6.45, 7) is 5.74. The Morgan fingerprint density at radius 1 is 1.30 bits per heavy atom. The lowest BCUT2D eigenvalue weighted by molar-refractivity contribution is 0.0244. The molecule has 1 saturated heterocycles. The summed E-state index contributed by atoms with van der Waals surface area (Å²) in [5, 5.41) is 0. The molecule has 6 nitrogen and oxygen atoms in total. The third kappa shape index (κ3) is 3.06. The van der Waals surface area contributed by atoms with Crippen LogP contribution in [0.15, 0.2) is 5.51 Å². The topological polar surface area (TPSA) is 56.8 Å². The van der Waals surface area contributed by atoms with E-state index in [0.29, 0.717) is 25.6 Å². The number of carbonyl (C=O) groups is 2. The van der Waals surface area contributed by atoms with Gasteiger partial charge >= 0.3 is 6.03 Å². The van der Waals surface area contributed by atoms with Crippen LogP contribution in [0, 0.1) is 0 Å². The van der Waals surface area contributed by atoms with E-state index in [2.05, 4.69) is 4.98 Å². The summed E-state index contributed by atoms with van der Waals surface area (Å²) >= 11 is 1.44. The Morgan fingerprint density at radius 2 is 2.00 bits per heavy atom. The summed E-state index contributed by atoms with van der Waals surface area (Å²) in [7, 11) is 3.51. The fourth-order valence-corrected chi connectivity index (χ4v) is 3.99. The number of carbonyl (C=O) groups excluding carboxylic acids is 2. The average Bonchev–Trinajstić information content (AvgIpc) is 3.21. The van der Waals surface area contributed by atoms with Crippen molar-refractivity contribution < 1.29 is 9.59 Å². The molecule has 2 heterocycles. The van der Waals surface area contributed by atoms with Gasteiger partial charge in [-0.15, -0.1) is 11.3 Å². The fourth-order valence-electron chi connectivity index (χ4n) is 3.16. The molecule has 1 aliphatic heterocycles. The van der Waals surface area contributed by atoms with E-state index >= 15 is 0 Å². The maximum atomic E-state index is 13.0. The lowest BCUT2D eigenvalue weighted by Crippen LogP contribution is -2.63. The van der Waals surface area contributed by atoms with Crippen molar-refractivity contribution in [1.29, 1.82) is 0 Å². The van der Waals surface area contributed by atoms with Gasteiger partial charge < -0.3 is 14.7 Å². The van der Waals surface area contributed by atoms with Crippen molar-refractivity contribution in [3.8, 4) is 0 Å². The molecule has 2 fully saturated rings. The third-order valence-electron chi connectivity index (χ3n) is 4.55. The second-order valence-electron chi connectivity index (χ2n) is 7.21. The van der Waals surface area contributed by atoms with Gasteiger partial charge in [-0.3, -0.25) is 4.79 Å². The zero-order valence-electron chi connectivity index (χ0n) is 14.2. The normalized spacial score (nSPS) is 20.5. The minimum absolute atomic E-state index is 0.00151. The molecule has 0 aromatic carbocycles. The first-order chi connectivity index (χ1) is 10.8. The van der Waals surface area contributed by atoms with Crippen LogP contribution in [-0.4, -0.2) is 70.9 Å². The van der Waals surface area contributed by atoms with Crippen LogP contribution in [0.5, 0.6) is 0 Å². The van der Waals surface area contributed by atoms with Gasteiger partial charge in [0.2, 0.25) is 0 Å². The van der Waals surface area contributed by atoms with Crippen LogP contribution in [0.4, 0.5) is 4.79 Å². The van der Waals surface area contributed by atoms with Crippen molar-refractivity contribution >= 4 is 23.3 Å². The van der Waals surface area contributed by atoms with Gasteiger partial charge in [-0.25, -0.2) is 9.78 Å². The van der Waals surface area contributed by atoms with Crippen LogP contribution in [0.25, 0.3) is 0 Å². The van der Waals surface area contributed by atoms with Crippen LogP contribution in [-0.2, 0) is 0 Å². The monoisotopic (exact) mass is 336 g/mol. The molecule has 0 radical (unpaired) electrons. The molecule has 1 aromatic heterocycles. The zero-order valence-corrected chi connectivity index (χ0v) is 15.0. The fraction of sp³-hybridized carbons (Fsp3) is 0.688. The van der Waals surface area contributed by atoms with E-state index in [-0.39, 0.29) is 17.5 Å². The molecule has 0 atom stereocenters. The first-order valence-corrected chi connectivity index (χ1v) is 8.91. The second-order valence-corrected chi connectivity index (χ2v) is 8.06. The number of hydrogen-bond donors (Lipinski definition) is 0. The van der Waals surface area contributed by atoms with E-state index < -0.39 is 0 Å². The summed E-state index contributed by atoms with van der Waals surface area (Å²) in [6.07, 6.45) is 2.27. The number of rotatable bonds is 2. The maximum Gasteiger partial charge on any atom is 0.319 e. The number of aromatic nitrogens is 1. The molecular formula is C16H24N4O2S. The van der Waals surface area contributed by atoms with Crippen molar-refractivity contribution in [2.24, 2.45) is 0 Å². The Kier molecular flexibility index (Phi) is 4.08. The van der Waals surface area contributed by atoms with Crippen LogP contribution in [0.1, 0.15) is 48.0 Å². The van der Waals surface area contributed by atoms with E-state index in [0.717, 1.165) is 23.4 Å². The Bertz CT molecular complexity index is 621. The highest BCUT2D eigenvalue weighted by Crippen LogP contribution is 2.42. The molecular weight excluding hydrogens is 312 g/mol. The Morgan fingerprint density at radius 3 is 2.57 bits per heavy atom. The van der Waals surface area contributed by atoms with Gasteiger partial charge in [-0.2, -0.15) is 0 Å². The number of piperazine rings is 1. The van der Waals surface area contributed by atoms with Gasteiger partial charge in [0.25, 0.3) is 5.91 Å². The minimum atomic E-state index is -0.383. The van der Waals surface area contributed by atoms with Crippen molar-refractivity contribution in [2.75, 3.05) is 33.7 Å². The second kappa shape index (κ2) is 5.78. The van der Waals surface area contributed by atoms with Crippen LogP contribution >= 0.6 is 11.3 Å². The van der Waals surface area contributed by atoms with E-state index in [1.54, 1.807) is 24.5 Å². The van der Waals surface area contributed by atoms with E-state index in [4.69, 9.17) is 0 Å². The molecule has 3 amide bonds. The Labute approximate surface area is 141 Å². The van der Waals surface area contributed by atoms with Gasteiger partial charge in [0, 0.05) is 39.6 Å². The summed E-state index contributed by atoms with van der Waals surface area (Å²) in [5.74, 6) is 0.538. The lowest BCUT2D eigenvalue weighted by atomic mass is 9.98. The van der Waals surface area contributed by atoms with E-state index in [1.165, 1.54) is 11.3 Å². The molecule has 0 N–H and O–H groups in total. The molecule has 0 bridgehead atoms. The van der Waals surface area contributed by atoms with Crippen molar-refractivity contribution in [2.45, 2.75) is 38.1 Å². The number of thiazole rings is 1. The maximum absolute atomic E-state index is 13.0. The number of hydrogen-bond acceptors (Lipinski definition) is 4. The van der Waals surface area contributed by atoms with Crippen molar-refractivity contribution in [3.63, 3.8) is 0 Å². The zero-order chi connectivity index (χ0) is 16.8. The van der Waals surface area contributed by atoms with Gasteiger partial charge in [0.1, 0.15) is 4.88 Å². The lowest BCUT2D eigenvalue weighted by Gasteiger charge is -2.47. The standard InChI is InChI=1S/C16H24N4O2S/c1-16(2)9-19(15(22)18(3)4)7-8-20(16)14(21)13-12(11-5-6-11)17-10-23-13/h10-11H,5-9H2,1-4H3. The predicted octanol–water partition coefficient (Wildman–Crippen LogP) is 2.24. The van der Waals surface area contributed by atoms with Crippen LogP contribution in [0.3, 0.4) is 0 Å².